The van der Waals surface area contributed by atoms with Crippen LogP contribution in [0.4, 0.5) is 35.1 Å². The molecule has 54 heteroatoms. The van der Waals surface area contributed by atoms with Crippen LogP contribution in [0.1, 0.15) is 205 Å². The zero-order valence-electron chi connectivity index (χ0n) is 77.0. The highest BCUT2D eigenvalue weighted by atomic mass is 32.2. The topological polar surface area (TPSA) is 635 Å². The molecule has 7 saturated carbocycles. The van der Waals surface area contributed by atoms with Gasteiger partial charge in [-0.3, -0.25) is 57.5 Å². The molecule has 8 bridgehead atoms. The Balaban J connectivity index is 0.000000166. The van der Waals surface area contributed by atoms with Crippen molar-refractivity contribution < 1.29 is 227 Å². The van der Waals surface area contributed by atoms with Crippen molar-refractivity contribution in [2.75, 3.05) is 0 Å². The van der Waals surface area contributed by atoms with Gasteiger partial charge in [-0.25, -0.2) is 33.7 Å². The van der Waals surface area contributed by atoms with Crippen molar-refractivity contribution >= 4 is 124 Å². The van der Waals surface area contributed by atoms with Crippen molar-refractivity contribution in [3.63, 3.8) is 0 Å². The average Bonchev–Trinajstić information content (AvgIpc) is 1.54. The van der Waals surface area contributed by atoms with E-state index in [0.29, 0.717) is 91.9 Å². The molecule has 0 aromatic rings. The molecule has 0 radical (unpaired) electrons. The van der Waals surface area contributed by atoms with E-state index < -0.39 is 336 Å². The Morgan fingerprint density at radius 1 is 0.345 bits per heavy atom. The van der Waals surface area contributed by atoms with Crippen LogP contribution in [0, 0.1) is 107 Å². The summed E-state index contributed by atoms with van der Waals surface area (Å²) in [7, 11) is -24.3. The highest BCUT2D eigenvalue weighted by molar-refractivity contribution is 8.01. The first-order chi connectivity index (χ1) is 63.9. The number of rotatable bonds is 32. The Morgan fingerprint density at radius 2 is 0.662 bits per heavy atom. The van der Waals surface area contributed by atoms with E-state index in [-0.39, 0.29) is 28.8 Å². The first-order valence-corrected chi connectivity index (χ1v) is 52.4. The van der Waals surface area contributed by atoms with Gasteiger partial charge in [-0.1, -0.05) is 107 Å². The van der Waals surface area contributed by atoms with Crippen LogP contribution in [0.15, 0.2) is 0 Å². The lowest BCUT2D eigenvalue weighted by atomic mass is 9.68. The summed E-state index contributed by atoms with van der Waals surface area (Å²) in [5, 5.41) is 24.7. The van der Waals surface area contributed by atoms with Crippen LogP contribution in [0.5, 0.6) is 0 Å². The number of ether oxygens (including phenoxy) is 13. The molecule has 15 rings (SSSR count). The molecule has 4 N–H and O–H groups in total. The van der Waals surface area contributed by atoms with Gasteiger partial charge in [-0.15, -0.1) is 11.8 Å². The fourth-order valence-corrected chi connectivity index (χ4v) is 26.6. The second-order valence-corrected chi connectivity index (χ2v) is 47.0. The summed E-state index contributed by atoms with van der Waals surface area (Å²) >= 11 is 1.45. The molecule has 34 atom stereocenters. The Hall–Kier alpha value is -7.13. The number of hydrogen-bond acceptors (Lipinski definition) is 42. The fourth-order valence-electron chi connectivity index (χ4n) is 22.7. The monoisotopic (exact) mass is 2100 g/mol. The van der Waals surface area contributed by atoms with Gasteiger partial charge in [0.15, 0.2) is 89.3 Å². The average molecular weight is 2100 g/mol. The minimum absolute atomic E-state index is 0.172. The SMILES string of the molecule is CC(C(=O)OC1C2CC3C1OC(=O)C3C2C1(O)CCCC1)C(C)C(=O)OC(C)C(F)(F)S(=O)(=O)[O-].CC(C(=O)OC1C2OC(=O)C3C2OC1C3C1(O)CCCC1)C(C)C(=O)OC(C)C(F)(F)S(=O)(=O)[O-].CC(C(=O)OC1C2OC(=O)C3C2SC1C3C1(O)CCCC1)C(C)C(=O)OC(C)C(F)(F)S(=O)(=O)[O-].CC(C(=O)OC1CC(C2(O)CCCC2)C2CC1OC2=O)C(C)C(=O)OC(C)C(F)(F)S(=O)(=O)[O-]. The van der Waals surface area contributed by atoms with Crippen LogP contribution in [0.3, 0.4) is 0 Å². The lowest BCUT2D eigenvalue weighted by Crippen LogP contribution is -2.53. The third-order valence-corrected chi connectivity index (χ3v) is 37.4. The second-order valence-electron chi connectivity index (χ2n) is 39.8. The van der Waals surface area contributed by atoms with Gasteiger partial charge >= 0.3 is 92.6 Å². The van der Waals surface area contributed by atoms with Crippen molar-refractivity contribution in [2.45, 2.75) is 344 Å². The molecular weight excluding hydrogens is 1990 g/mol. The van der Waals surface area contributed by atoms with Crippen LogP contribution in [0.25, 0.3) is 0 Å². The largest absolute Gasteiger partial charge is 0.743 e. The van der Waals surface area contributed by atoms with E-state index in [0.717, 1.165) is 51.4 Å². The number of alkyl halides is 8. The number of fused-ring (bicyclic) bond motifs is 5. The van der Waals surface area contributed by atoms with Gasteiger partial charge < -0.3 is 100 Å². The van der Waals surface area contributed by atoms with Crippen molar-refractivity contribution in [1.29, 1.82) is 0 Å². The van der Waals surface area contributed by atoms with E-state index in [4.69, 9.17) is 42.6 Å². The summed E-state index contributed by atoms with van der Waals surface area (Å²) in [5.74, 6) is -25.0. The Labute approximate surface area is 797 Å². The van der Waals surface area contributed by atoms with E-state index in [1.54, 1.807) is 0 Å². The number of aliphatic hydroxyl groups is 4. The maximum atomic E-state index is 13.6. The molecule has 788 valence electrons. The Kier molecular flexibility index (Phi) is 31.6. The van der Waals surface area contributed by atoms with Crippen LogP contribution in [-0.4, -0.2) is 283 Å². The van der Waals surface area contributed by atoms with E-state index in [1.165, 1.54) is 67.2 Å². The van der Waals surface area contributed by atoms with Crippen molar-refractivity contribution in [1.82, 2.24) is 0 Å². The van der Waals surface area contributed by atoms with E-state index >= 15 is 0 Å². The third kappa shape index (κ3) is 20.6. The zero-order valence-corrected chi connectivity index (χ0v) is 81.1. The lowest BCUT2D eigenvalue weighted by molar-refractivity contribution is -0.177. The summed E-state index contributed by atoms with van der Waals surface area (Å²) in [4.78, 5) is 150. The number of esters is 12. The third-order valence-electron chi connectivity index (χ3n) is 31.6. The quantitative estimate of drug-likeness (QED) is 0.0311. The summed E-state index contributed by atoms with van der Waals surface area (Å²) in [6, 6.07) is 0. The van der Waals surface area contributed by atoms with Gasteiger partial charge in [0.25, 0.3) is 0 Å². The molecular formula is C85H112F8O41S5-4. The summed E-state index contributed by atoms with van der Waals surface area (Å²) in [6.07, 6.45) is -6.29. The second kappa shape index (κ2) is 39.7. The highest BCUT2D eigenvalue weighted by Crippen LogP contribution is 2.66. The van der Waals surface area contributed by atoms with Gasteiger partial charge in [0.05, 0.1) is 104 Å². The fraction of sp³-hybridized carbons (Fsp3) is 0.859. The Bertz CT molecular complexity index is 4840. The van der Waals surface area contributed by atoms with E-state index in [2.05, 4.69) is 18.9 Å². The highest BCUT2D eigenvalue weighted by Gasteiger charge is 2.77. The molecule has 0 aromatic heterocycles. The molecule has 0 aromatic carbocycles. The molecule has 0 spiro atoms. The lowest BCUT2D eigenvalue weighted by Gasteiger charge is -2.40. The van der Waals surface area contributed by atoms with Gasteiger partial charge in [-0.2, -0.15) is 35.1 Å². The van der Waals surface area contributed by atoms with Crippen molar-refractivity contribution in [2.24, 2.45) is 107 Å². The normalized spacial score (nSPS) is 34.8. The van der Waals surface area contributed by atoms with Crippen LogP contribution in [-0.2, 0) is 160 Å². The summed E-state index contributed by atoms with van der Waals surface area (Å²) in [5.41, 5.74) is -4.29. The number of thioether (sulfide) groups is 1. The molecule has 41 nitrogen and oxygen atoms in total. The molecule has 8 aliphatic heterocycles. The van der Waals surface area contributed by atoms with Gasteiger partial charge in [0, 0.05) is 41.9 Å². The predicted molar refractivity (Wildman–Crippen MR) is 439 cm³/mol. The van der Waals surface area contributed by atoms with Crippen molar-refractivity contribution in [3.8, 4) is 0 Å². The molecule has 0 amide bonds. The smallest absolute Gasteiger partial charge is 0.369 e. The molecule has 15 fully saturated rings. The maximum absolute atomic E-state index is 13.6. The standard InChI is InChI=1S/C22H30F2O10S.C21H28F2O11S.C21H28F2O10S2.C21H30F2O10S/c1-9(18(25)32-11(3)22(23,24)35(29,30)31)10(2)19(26)33-17-13-8-12-14(20(27)34-16(12)17)15(13)21(28)6-4-5-7-21;1-8(17(24)31-10(3)21(22,23)35(28,29)30)9(2)18(25)33-16-14-12(20(27)6-4-5-7-20)11-13(32-14)15(16)34-19(11)26;1-8(17(24)31-10(3)21(22,23)35(28,29)30)9(2)18(25)32-14-13-15-11(19(26)33-13)12(16(14)34-15)20(27)6-4-5-7-20;1-10(17(24)31-12(3)21(22,23)34(28,29)30)11(2)18(25)32-16-9-14(20(27)6-4-5-7-20)13-8-15(16)33-19(13)26/h9-17,28H,4-8H2,1-3H3,(H,29,30,31);2*8-16,27H,4-7H2,1-3H3,(H,28,29,30);10-16,27H,4-9H2,1-3H3,(H,28,29,30)/p-4. The number of halogens is 8. The minimum Gasteiger partial charge on any atom is -0.743 e. The van der Waals surface area contributed by atoms with Gasteiger partial charge in [-0.05, 0) is 91.9 Å². The number of carbonyl (C=O) groups excluding carboxylic acids is 12. The number of carbonyl (C=O) groups is 12. The molecule has 139 heavy (non-hydrogen) atoms. The van der Waals surface area contributed by atoms with Crippen LogP contribution < -0.4 is 0 Å². The molecule has 15 aliphatic rings. The van der Waals surface area contributed by atoms with Gasteiger partial charge in [0.2, 0.25) is 0 Å². The molecule has 8 heterocycles. The molecule has 7 aliphatic carbocycles. The van der Waals surface area contributed by atoms with Crippen molar-refractivity contribution in [3.05, 3.63) is 0 Å². The Morgan fingerprint density at radius 3 is 1.05 bits per heavy atom. The van der Waals surface area contributed by atoms with E-state index in [9.17, 15) is 165 Å². The first-order valence-electron chi connectivity index (χ1n) is 45.9. The predicted octanol–water partition coefficient (Wildman–Crippen LogP) is 4.53. The summed E-state index contributed by atoms with van der Waals surface area (Å²) in [6.45, 7) is 12.3. The summed E-state index contributed by atoms with van der Waals surface area (Å²) < 4.78 is 306. The molecule has 34 unspecified atom stereocenters. The van der Waals surface area contributed by atoms with Crippen LogP contribution in [0.2, 0.25) is 0 Å². The zero-order chi connectivity index (χ0) is 104. The molecule has 8 saturated heterocycles. The minimum atomic E-state index is -6.09. The first kappa shape index (κ1) is 111. The maximum Gasteiger partial charge on any atom is 0.369 e. The number of hydrogen-bond donors (Lipinski definition) is 4. The van der Waals surface area contributed by atoms with Gasteiger partial charge in [0.1, 0.15) is 36.6 Å². The van der Waals surface area contributed by atoms with Crippen LogP contribution >= 0.6 is 11.8 Å². The van der Waals surface area contributed by atoms with E-state index in [1.807, 2.05) is 0 Å².